The van der Waals surface area contributed by atoms with Crippen molar-refractivity contribution in [3.63, 3.8) is 0 Å². The average Bonchev–Trinajstić information content (AvgIpc) is 2.78. The number of hydrogen-bond donors (Lipinski definition) is 1. The van der Waals surface area contributed by atoms with Gasteiger partial charge in [0, 0.05) is 11.6 Å². The summed E-state index contributed by atoms with van der Waals surface area (Å²) in [6.07, 6.45) is 12.4. The van der Waals surface area contributed by atoms with Crippen molar-refractivity contribution in [1.82, 2.24) is 4.90 Å². The molecule has 0 saturated carbocycles. The average molecular weight is 424 g/mol. The van der Waals surface area contributed by atoms with Crippen LogP contribution in [0.4, 0.5) is 0 Å². The zero-order chi connectivity index (χ0) is 21.9. The summed E-state index contributed by atoms with van der Waals surface area (Å²) in [5.41, 5.74) is 3.39. The molecule has 2 aromatic carbocycles. The normalized spacial score (nSPS) is 15.3. The van der Waals surface area contributed by atoms with Crippen LogP contribution in [0, 0.1) is 5.92 Å². The number of rotatable bonds is 12. The maximum atomic E-state index is 10.7. The minimum Gasteiger partial charge on any atom is -0.507 e. The van der Waals surface area contributed by atoms with Gasteiger partial charge in [-0.15, -0.1) is 0 Å². The largest absolute Gasteiger partial charge is 0.507 e. The summed E-state index contributed by atoms with van der Waals surface area (Å²) in [5.74, 6) is 1.89. The third-order valence-corrected chi connectivity index (χ3v) is 6.70. The number of aryl methyl sites for hydroxylation is 1. The lowest BCUT2D eigenvalue weighted by Crippen LogP contribution is -2.30. The van der Waals surface area contributed by atoms with Crippen molar-refractivity contribution in [2.24, 2.45) is 5.92 Å². The van der Waals surface area contributed by atoms with Crippen molar-refractivity contribution >= 4 is 0 Å². The Morgan fingerprint density at radius 2 is 1.68 bits per heavy atom. The molecule has 0 aliphatic carbocycles. The second-order valence-corrected chi connectivity index (χ2v) is 9.24. The molecule has 0 amide bonds. The molecular formula is C28H41NO2. The Bertz CT molecular complexity index is 780. The van der Waals surface area contributed by atoms with E-state index >= 15 is 0 Å². The van der Waals surface area contributed by atoms with E-state index in [1.165, 1.54) is 70.0 Å². The van der Waals surface area contributed by atoms with Gasteiger partial charge < -0.3 is 14.7 Å². The predicted molar refractivity (Wildman–Crippen MR) is 131 cm³/mol. The molecular weight excluding hydrogens is 382 g/mol. The van der Waals surface area contributed by atoms with Crippen LogP contribution in [0.15, 0.2) is 42.5 Å². The van der Waals surface area contributed by atoms with E-state index in [9.17, 15) is 5.11 Å². The molecule has 0 aromatic heterocycles. The van der Waals surface area contributed by atoms with Gasteiger partial charge in [-0.1, -0.05) is 63.3 Å². The summed E-state index contributed by atoms with van der Waals surface area (Å²) < 4.78 is 5.89. The Balaban J connectivity index is 1.55. The molecule has 0 spiro atoms. The number of hydrogen-bond acceptors (Lipinski definition) is 3. The number of aromatic hydroxyl groups is 1. The van der Waals surface area contributed by atoms with Gasteiger partial charge in [0.1, 0.15) is 11.5 Å². The third kappa shape index (κ3) is 7.57. The topological polar surface area (TPSA) is 32.7 Å². The molecule has 1 aliphatic heterocycles. The molecule has 2 aromatic rings. The molecule has 1 fully saturated rings. The van der Waals surface area contributed by atoms with Crippen LogP contribution in [0.1, 0.15) is 70.3 Å². The number of ether oxygens (including phenoxy) is 1. The van der Waals surface area contributed by atoms with Gasteiger partial charge in [-0.3, -0.25) is 0 Å². The number of likely N-dealkylation sites (tertiary alicyclic amines) is 1. The van der Waals surface area contributed by atoms with E-state index < -0.39 is 0 Å². The van der Waals surface area contributed by atoms with Crippen LogP contribution in [0.3, 0.4) is 0 Å². The SMILES string of the molecule is CCCCCCCCOc1ccc(-c2ccccc2CCC2CCN(C)CC2)c(O)c1. The predicted octanol–water partition coefficient (Wildman–Crippen LogP) is 7.07. The Morgan fingerprint density at radius 1 is 0.935 bits per heavy atom. The Hall–Kier alpha value is -2.00. The Labute approximate surface area is 189 Å². The van der Waals surface area contributed by atoms with Gasteiger partial charge in [-0.2, -0.15) is 0 Å². The molecule has 1 saturated heterocycles. The fourth-order valence-electron chi connectivity index (χ4n) is 4.61. The van der Waals surface area contributed by atoms with Gasteiger partial charge in [-0.05, 0) is 81.4 Å². The number of phenolic OH excluding ortho intramolecular Hbond substituents is 1. The molecule has 0 bridgehead atoms. The summed E-state index contributed by atoms with van der Waals surface area (Å²) >= 11 is 0. The highest BCUT2D eigenvalue weighted by atomic mass is 16.5. The summed E-state index contributed by atoms with van der Waals surface area (Å²) in [6.45, 7) is 5.39. The van der Waals surface area contributed by atoms with Crippen LogP contribution in [-0.4, -0.2) is 36.8 Å². The standard InChI is InChI=1S/C28H41NO2/c1-3-4-5-6-7-10-21-31-25-15-16-27(28(30)22-25)26-12-9-8-11-24(26)14-13-23-17-19-29(2)20-18-23/h8-9,11-12,15-16,22-23,30H,3-7,10,13-14,17-21H2,1-2H3. The highest BCUT2D eigenvalue weighted by molar-refractivity contribution is 5.74. The lowest BCUT2D eigenvalue weighted by Gasteiger charge is -2.29. The van der Waals surface area contributed by atoms with E-state index in [2.05, 4.69) is 43.1 Å². The zero-order valence-corrected chi connectivity index (χ0v) is 19.6. The van der Waals surface area contributed by atoms with E-state index in [1.807, 2.05) is 12.1 Å². The zero-order valence-electron chi connectivity index (χ0n) is 19.6. The summed E-state index contributed by atoms with van der Waals surface area (Å²) in [6, 6.07) is 14.3. The maximum Gasteiger partial charge on any atom is 0.127 e. The third-order valence-electron chi connectivity index (χ3n) is 6.70. The van der Waals surface area contributed by atoms with E-state index in [0.29, 0.717) is 5.75 Å². The highest BCUT2D eigenvalue weighted by Gasteiger charge is 2.17. The lowest BCUT2D eigenvalue weighted by atomic mass is 9.88. The smallest absolute Gasteiger partial charge is 0.127 e. The molecule has 0 unspecified atom stereocenters. The van der Waals surface area contributed by atoms with Gasteiger partial charge in [0.05, 0.1) is 6.61 Å². The Kier molecular flexibility index (Phi) is 9.74. The van der Waals surface area contributed by atoms with Crippen molar-refractivity contribution in [2.45, 2.75) is 71.1 Å². The molecule has 170 valence electrons. The first-order valence-electron chi connectivity index (χ1n) is 12.4. The van der Waals surface area contributed by atoms with Crippen LogP contribution in [-0.2, 0) is 6.42 Å². The molecule has 3 rings (SSSR count). The second-order valence-electron chi connectivity index (χ2n) is 9.24. The quantitative estimate of drug-likeness (QED) is 0.370. The van der Waals surface area contributed by atoms with Crippen molar-refractivity contribution in [3.8, 4) is 22.6 Å². The molecule has 3 heteroatoms. The van der Waals surface area contributed by atoms with Gasteiger partial charge >= 0.3 is 0 Å². The molecule has 1 aliphatic rings. The Morgan fingerprint density at radius 3 is 2.45 bits per heavy atom. The number of benzene rings is 2. The van der Waals surface area contributed by atoms with Gasteiger partial charge in [-0.25, -0.2) is 0 Å². The van der Waals surface area contributed by atoms with Crippen molar-refractivity contribution in [1.29, 1.82) is 0 Å². The number of unbranched alkanes of at least 4 members (excludes halogenated alkanes) is 5. The highest BCUT2D eigenvalue weighted by Crippen LogP contribution is 2.35. The first-order chi connectivity index (χ1) is 15.2. The molecule has 3 nitrogen and oxygen atoms in total. The van der Waals surface area contributed by atoms with E-state index in [4.69, 9.17) is 4.74 Å². The van der Waals surface area contributed by atoms with Gasteiger partial charge in [0.2, 0.25) is 0 Å². The first kappa shape index (κ1) is 23.7. The van der Waals surface area contributed by atoms with Crippen LogP contribution < -0.4 is 4.74 Å². The fraction of sp³-hybridized carbons (Fsp3) is 0.571. The van der Waals surface area contributed by atoms with E-state index in [-0.39, 0.29) is 0 Å². The van der Waals surface area contributed by atoms with E-state index in [1.54, 1.807) is 6.07 Å². The first-order valence-corrected chi connectivity index (χ1v) is 12.4. The van der Waals surface area contributed by atoms with Crippen molar-refractivity contribution < 1.29 is 9.84 Å². The van der Waals surface area contributed by atoms with Gasteiger partial charge in [0.15, 0.2) is 0 Å². The van der Waals surface area contributed by atoms with Gasteiger partial charge in [0.25, 0.3) is 0 Å². The van der Waals surface area contributed by atoms with Crippen LogP contribution in [0.25, 0.3) is 11.1 Å². The van der Waals surface area contributed by atoms with E-state index in [0.717, 1.165) is 42.2 Å². The minimum atomic E-state index is 0.312. The molecule has 0 atom stereocenters. The monoisotopic (exact) mass is 423 g/mol. The molecule has 1 N–H and O–H groups in total. The number of phenols is 1. The summed E-state index contributed by atoms with van der Waals surface area (Å²) in [7, 11) is 2.22. The number of piperidine rings is 1. The van der Waals surface area contributed by atoms with Crippen molar-refractivity contribution in [2.75, 3.05) is 26.7 Å². The van der Waals surface area contributed by atoms with Crippen LogP contribution >= 0.6 is 0 Å². The second kappa shape index (κ2) is 12.8. The molecule has 1 heterocycles. The lowest BCUT2D eigenvalue weighted by molar-refractivity contribution is 0.212. The molecule has 0 radical (unpaired) electrons. The molecule has 31 heavy (non-hydrogen) atoms. The maximum absolute atomic E-state index is 10.7. The summed E-state index contributed by atoms with van der Waals surface area (Å²) in [4.78, 5) is 2.43. The summed E-state index contributed by atoms with van der Waals surface area (Å²) in [5, 5.41) is 10.7. The van der Waals surface area contributed by atoms with Crippen molar-refractivity contribution in [3.05, 3.63) is 48.0 Å². The minimum absolute atomic E-state index is 0.312. The van der Waals surface area contributed by atoms with Crippen LogP contribution in [0.5, 0.6) is 11.5 Å². The van der Waals surface area contributed by atoms with Crippen LogP contribution in [0.2, 0.25) is 0 Å². The number of nitrogens with zero attached hydrogens (tertiary/aromatic N) is 1. The fourth-order valence-corrected chi connectivity index (χ4v) is 4.61.